The van der Waals surface area contributed by atoms with Crippen LogP contribution in [0.25, 0.3) is 0 Å². The molecule has 0 unspecified atom stereocenters. The number of nitrogens with one attached hydrogen (secondary N) is 1. The van der Waals surface area contributed by atoms with E-state index in [2.05, 4.69) is 55.6 Å². The van der Waals surface area contributed by atoms with Crippen molar-refractivity contribution in [3.05, 3.63) is 62.2 Å². The molecule has 0 spiro atoms. The fourth-order valence-corrected chi connectivity index (χ4v) is 4.98. The number of nitrogens with zero attached hydrogens (tertiary/aromatic N) is 1. The van der Waals surface area contributed by atoms with E-state index in [1.807, 2.05) is 30.3 Å². The largest absolute Gasteiger partial charge is 0.489 e. The van der Waals surface area contributed by atoms with Crippen molar-refractivity contribution in [3.63, 3.8) is 0 Å². The van der Waals surface area contributed by atoms with Crippen molar-refractivity contribution in [2.24, 2.45) is 10.8 Å². The average Bonchev–Trinajstić information content (AvgIpc) is 2.64. The Morgan fingerprint density at radius 3 is 2.29 bits per heavy atom. The molecule has 0 heterocycles. The maximum atomic E-state index is 12.7. The molecule has 4 nitrogen and oxygen atoms in total. The van der Waals surface area contributed by atoms with Gasteiger partial charge in [-0.25, -0.2) is 0 Å². The Morgan fingerprint density at radius 1 is 1.14 bits per heavy atom. The molecule has 28 heavy (non-hydrogen) atoms. The lowest BCUT2D eigenvalue weighted by Gasteiger charge is -2.63. The second kappa shape index (κ2) is 7.57. The normalized spacial score (nSPS) is 21.9. The molecule has 1 aliphatic rings. The maximum Gasteiger partial charge on any atom is 0.251 e. The SMILES string of the molecule is CC1(C)C(NC(=O)c2ccc(I)cc2)C(C)(C)C1Oc1ccc(C#N)c(Cl)c1. The lowest BCUT2D eigenvalue weighted by molar-refractivity contribution is -0.164. The van der Waals surface area contributed by atoms with E-state index in [4.69, 9.17) is 21.6 Å². The first-order valence-electron chi connectivity index (χ1n) is 9.00. The number of nitriles is 1. The second-order valence-corrected chi connectivity index (χ2v) is 9.96. The Bertz CT molecular complexity index is 932. The number of ether oxygens (including phenoxy) is 1. The first-order valence-corrected chi connectivity index (χ1v) is 10.5. The number of halogens is 2. The van der Waals surface area contributed by atoms with Crippen LogP contribution >= 0.6 is 34.2 Å². The molecule has 0 radical (unpaired) electrons. The highest BCUT2D eigenvalue weighted by Crippen LogP contribution is 2.55. The van der Waals surface area contributed by atoms with Crippen molar-refractivity contribution in [2.45, 2.75) is 39.8 Å². The topological polar surface area (TPSA) is 62.1 Å². The second-order valence-electron chi connectivity index (χ2n) is 8.31. The number of carbonyl (C=O) groups is 1. The van der Waals surface area contributed by atoms with E-state index in [-0.39, 0.29) is 28.9 Å². The minimum atomic E-state index is -0.275. The predicted molar refractivity (Wildman–Crippen MR) is 119 cm³/mol. The van der Waals surface area contributed by atoms with E-state index >= 15 is 0 Å². The summed E-state index contributed by atoms with van der Waals surface area (Å²) in [7, 11) is 0. The van der Waals surface area contributed by atoms with Crippen molar-refractivity contribution in [1.29, 1.82) is 5.26 Å². The molecule has 1 aliphatic carbocycles. The van der Waals surface area contributed by atoms with Crippen LogP contribution in [0.1, 0.15) is 43.6 Å². The number of hydrogen-bond acceptors (Lipinski definition) is 3. The van der Waals surface area contributed by atoms with Crippen LogP contribution in [0.3, 0.4) is 0 Å². The van der Waals surface area contributed by atoms with Crippen molar-refractivity contribution in [2.75, 3.05) is 0 Å². The lowest BCUT2D eigenvalue weighted by Crippen LogP contribution is -2.74. The van der Waals surface area contributed by atoms with Crippen LogP contribution in [0.2, 0.25) is 5.02 Å². The molecule has 2 aromatic rings. The summed E-state index contributed by atoms with van der Waals surface area (Å²) >= 11 is 8.35. The van der Waals surface area contributed by atoms with Crippen LogP contribution in [0.15, 0.2) is 42.5 Å². The fourth-order valence-electron chi connectivity index (χ4n) is 4.41. The number of benzene rings is 2. The molecule has 0 saturated heterocycles. The van der Waals surface area contributed by atoms with Crippen molar-refractivity contribution in [1.82, 2.24) is 5.32 Å². The summed E-state index contributed by atoms with van der Waals surface area (Å²) in [6.07, 6.45) is -0.119. The van der Waals surface area contributed by atoms with Gasteiger partial charge in [-0.2, -0.15) is 5.26 Å². The van der Waals surface area contributed by atoms with Gasteiger partial charge in [0, 0.05) is 32.1 Å². The van der Waals surface area contributed by atoms with E-state index in [0.717, 1.165) is 3.57 Å². The summed E-state index contributed by atoms with van der Waals surface area (Å²) in [6, 6.07) is 14.6. The van der Waals surface area contributed by atoms with Crippen LogP contribution in [0.5, 0.6) is 5.75 Å². The van der Waals surface area contributed by atoms with Gasteiger partial charge in [0.05, 0.1) is 10.6 Å². The number of rotatable bonds is 4. The number of hydrogen-bond donors (Lipinski definition) is 1. The van der Waals surface area contributed by atoms with Gasteiger partial charge < -0.3 is 10.1 Å². The Labute approximate surface area is 184 Å². The number of amides is 1. The van der Waals surface area contributed by atoms with Crippen molar-refractivity contribution >= 4 is 40.1 Å². The van der Waals surface area contributed by atoms with Gasteiger partial charge in [-0.1, -0.05) is 39.3 Å². The highest BCUT2D eigenvalue weighted by molar-refractivity contribution is 14.1. The van der Waals surface area contributed by atoms with Gasteiger partial charge in [-0.3, -0.25) is 4.79 Å². The molecule has 0 atom stereocenters. The molecular formula is C22H22ClIN2O2. The molecule has 1 N–H and O–H groups in total. The third-order valence-electron chi connectivity index (χ3n) is 5.54. The van der Waals surface area contributed by atoms with Crippen LogP contribution in [0, 0.1) is 25.7 Å². The van der Waals surface area contributed by atoms with Gasteiger partial charge in [-0.05, 0) is 59.0 Å². The van der Waals surface area contributed by atoms with Crippen LogP contribution in [-0.4, -0.2) is 18.1 Å². The number of carbonyl (C=O) groups excluding carboxylic acids is 1. The maximum absolute atomic E-state index is 12.7. The summed E-state index contributed by atoms with van der Waals surface area (Å²) in [4.78, 5) is 12.7. The Morgan fingerprint density at radius 2 is 1.75 bits per heavy atom. The zero-order chi connectivity index (χ0) is 20.7. The summed E-state index contributed by atoms with van der Waals surface area (Å²) in [5.41, 5.74) is 0.518. The molecule has 3 rings (SSSR count). The molecule has 2 aromatic carbocycles. The molecule has 1 fully saturated rings. The molecule has 146 valence electrons. The smallest absolute Gasteiger partial charge is 0.251 e. The Balaban J connectivity index is 1.76. The first kappa shape index (κ1) is 20.9. The standard InChI is InChI=1S/C22H22ClIN2O2/c1-21(2)19(26-18(27)13-5-8-15(24)9-6-13)22(3,4)20(21)28-16-10-7-14(12-25)17(23)11-16/h5-11,19-20H,1-4H3,(H,26,27). The molecule has 0 aliphatic heterocycles. The quantitative estimate of drug-likeness (QED) is 0.560. The molecule has 1 amide bonds. The minimum Gasteiger partial charge on any atom is -0.489 e. The van der Waals surface area contributed by atoms with Gasteiger partial charge >= 0.3 is 0 Å². The predicted octanol–water partition coefficient (Wildman–Crippen LogP) is 5.43. The van der Waals surface area contributed by atoms with E-state index in [1.54, 1.807) is 18.2 Å². The minimum absolute atomic E-state index is 0.0503. The van der Waals surface area contributed by atoms with E-state index in [0.29, 0.717) is 21.9 Å². The van der Waals surface area contributed by atoms with Crippen LogP contribution < -0.4 is 10.1 Å². The molecule has 0 aromatic heterocycles. The third-order valence-corrected chi connectivity index (χ3v) is 6.57. The van der Waals surface area contributed by atoms with Gasteiger partial charge in [0.15, 0.2) is 0 Å². The molecule has 1 saturated carbocycles. The van der Waals surface area contributed by atoms with Crippen LogP contribution in [-0.2, 0) is 0 Å². The van der Waals surface area contributed by atoms with Gasteiger partial charge in [0.1, 0.15) is 17.9 Å². The Hall–Kier alpha value is -1.78. The van der Waals surface area contributed by atoms with E-state index < -0.39 is 0 Å². The summed E-state index contributed by atoms with van der Waals surface area (Å²) < 4.78 is 7.34. The van der Waals surface area contributed by atoms with Gasteiger partial charge in [0.2, 0.25) is 0 Å². The zero-order valence-electron chi connectivity index (χ0n) is 16.2. The van der Waals surface area contributed by atoms with E-state index in [1.165, 1.54) is 0 Å². The average molecular weight is 509 g/mol. The summed E-state index contributed by atoms with van der Waals surface area (Å²) in [5, 5.41) is 12.6. The zero-order valence-corrected chi connectivity index (χ0v) is 19.1. The molecule has 6 heteroatoms. The fraction of sp³-hybridized carbons (Fsp3) is 0.364. The lowest BCUT2D eigenvalue weighted by atomic mass is 9.49. The highest BCUT2D eigenvalue weighted by Gasteiger charge is 2.64. The van der Waals surface area contributed by atoms with E-state index in [9.17, 15) is 4.79 Å². The Kier molecular flexibility index (Phi) is 5.66. The van der Waals surface area contributed by atoms with Crippen molar-refractivity contribution in [3.8, 4) is 11.8 Å². The van der Waals surface area contributed by atoms with Gasteiger partial charge in [0.25, 0.3) is 5.91 Å². The monoisotopic (exact) mass is 508 g/mol. The summed E-state index contributed by atoms with van der Waals surface area (Å²) in [6.45, 7) is 8.36. The van der Waals surface area contributed by atoms with Crippen LogP contribution in [0.4, 0.5) is 0 Å². The third kappa shape index (κ3) is 3.72. The van der Waals surface area contributed by atoms with Gasteiger partial charge in [-0.15, -0.1) is 0 Å². The summed E-state index contributed by atoms with van der Waals surface area (Å²) in [5.74, 6) is 0.542. The first-order chi connectivity index (χ1) is 13.1. The highest BCUT2D eigenvalue weighted by atomic mass is 127. The molecular weight excluding hydrogens is 487 g/mol. The molecule has 0 bridgehead atoms. The van der Waals surface area contributed by atoms with Crippen molar-refractivity contribution < 1.29 is 9.53 Å².